The molecule has 0 aliphatic rings. The first kappa shape index (κ1) is 6.68. The lowest BCUT2D eigenvalue weighted by molar-refractivity contribution is 0.980. The molecule has 1 aromatic rings. The number of imidazole rings is 1. The first-order chi connectivity index (χ1) is 4.36. The van der Waals surface area contributed by atoms with E-state index in [1.54, 1.807) is 0 Å². The number of rotatable bonds is 2. The number of hydrogen-bond acceptors (Lipinski definition) is 2. The molecule has 0 aliphatic carbocycles. The lowest BCUT2D eigenvalue weighted by atomic mass is 10.5. The Hall–Kier alpha value is -0.440. The maximum absolute atomic E-state index is 4.10. The van der Waals surface area contributed by atoms with E-state index in [1.807, 2.05) is 6.20 Å². The summed E-state index contributed by atoms with van der Waals surface area (Å²) in [5.41, 5.74) is 1.09. The highest BCUT2D eigenvalue weighted by atomic mass is 32.1. The standard InChI is InChI=1S/C6H10N2S/c1-2-6-7-3-5(4-9)8-6/h3,9H,2,4H2,1H3,(H,7,8). The van der Waals surface area contributed by atoms with Gasteiger partial charge in [0.15, 0.2) is 0 Å². The van der Waals surface area contributed by atoms with Gasteiger partial charge in [0.25, 0.3) is 0 Å². The van der Waals surface area contributed by atoms with Crippen molar-refractivity contribution in [2.75, 3.05) is 0 Å². The molecule has 0 atom stereocenters. The normalized spacial score (nSPS) is 10.0. The largest absolute Gasteiger partial charge is 0.345 e. The number of aryl methyl sites for hydroxylation is 1. The lowest BCUT2D eigenvalue weighted by Crippen LogP contribution is -1.81. The summed E-state index contributed by atoms with van der Waals surface area (Å²) in [6.45, 7) is 2.07. The molecule has 0 saturated heterocycles. The van der Waals surface area contributed by atoms with Crippen molar-refractivity contribution in [1.29, 1.82) is 0 Å². The minimum absolute atomic E-state index is 0.743. The van der Waals surface area contributed by atoms with Gasteiger partial charge in [-0.05, 0) is 0 Å². The van der Waals surface area contributed by atoms with Crippen LogP contribution < -0.4 is 0 Å². The van der Waals surface area contributed by atoms with E-state index in [0.29, 0.717) is 0 Å². The second-order valence-corrected chi connectivity index (χ2v) is 2.18. The molecule has 2 nitrogen and oxygen atoms in total. The van der Waals surface area contributed by atoms with Crippen molar-refractivity contribution in [2.24, 2.45) is 0 Å². The molecule has 1 N–H and O–H groups in total. The van der Waals surface area contributed by atoms with Gasteiger partial charge >= 0.3 is 0 Å². The molecule has 0 saturated carbocycles. The van der Waals surface area contributed by atoms with E-state index in [-0.39, 0.29) is 0 Å². The molecule has 1 heterocycles. The SMILES string of the molecule is CCc1ncc(CS)[nH]1. The zero-order chi connectivity index (χ0) is 6.69. The van der Waals surface area contributed by atoms with Crippen molar-refractivity contribution >= 4 is 12.6 Å². The highest BCUT2D eigenvalue weighted by Gasteiger charge is 1.93. The van der Waals surface area contributed by atoms with Gasteiger partial charge in [0.2, 0.25) is 0 Å². The van der Waals surface area contributed by atoms with Crippen molar-refractivity contribution in [3.8, 4) is 0 Å². The average Bonchev–Trinajstić information content (AvgIpc) is 2.34. The van der Waals surface area contributed by atoms with Gasteiger partial charge in [0.1, 0.15) is 5.82 Å². The van der Waals surface area contributed by atoms with Gasteiger partial charge in [-0.2, -0.15) is 12.6 Å². The topological polar surface area (TPSA) is 28.7 Å². The number of nitrogens with one attached hydrogen (secondary N) is 1. The van der Waals surface area contributed by atoms with Gasteiger partial charge in [0.05, 0.1) is 0 Å². The van der Waals surface area contributed by atoms with E-state index in [9.17, 15) is 0 Å². The second kappa shape index (κ2) is 2.92. The van der Waals surface area contributed by atoms with Gasteiger partial charge in [-0.15, -0.1) is 0 Å². The predicted molar refractivity (Wildman–Crippen MR) is 40.7 cm³/mol. The molecule has 1 aromatic heterocycles. The highest BCUT2D eigenvalue weighted by Crippen LogP contribution is 1.99. The average molecular weight is 142 g/mol. The quantitative estimate of drug-likeness (QED) is 0.600. The van der Waals surface area contributed by atoms with E-state index in [2.05, 4.69) is 29.5 Å². The molecule has 0 spiro atoms. The number of nitrogens with zero attached hydrogens (tertiary/aromatic N) is 1. The highest BCUT2D eigenvalue weighted by molar-refractivity contribution is 7.79. The van der Waals surface area contributed by atoms with Crippen LogP contribution in [-0.4, -0.2) is 9.97 Å². The Kier molecular flexibility index (Phi) is 2.16. The molecule has 3 heteroatoms. The molecule has 50 valence electrons. The molecule has 0 radical (unpaired) electrons. The number of H-pyrrole nitrogens is 1. The second-order valence-electron chi connectivity index (χ2n) is 1.87. The molecule has 0 amide bonds. The summed E-state index contributed by atoms with van der Waals surface area (Å²) in [7, 11) is 0. The zero-order valence-electron chi connectivity index (χ0n) is 5.39. The summed E-state index contributed by atoms with van der Waals surface area (Å²) in [4.78, 5) is 7.23. The van der Waals surface area contributed by atoms with Crippen molar-refractivity contribution in [2.45, 2.75) is 19.1 Å². The Labute approximate surface area is 60.1 Å². The Bertz CT molecular complexity index is 164. The van der Waals surface area contributed by atoms with Crippen LogP contribution >= 0.6 is 12.6 Å². The Morgan fingerprint density at radius 3 is 2.89 bits per heavy atom. The third-order valence-corrected chi connectivity index (χ3v) is 1.53. The van der Waals surface area contributed by atoms with Crippen LogP contribution in [-0.2, 0) is 12.2 Å². The Balaban J connectivity index is 2.74. The summed E-state index contributed by atoms with van der Waals surface area (Å²) in [6.07, 6.45) is 2.79. The third kappa shape index (κ3) is 1.48. The van der Waals surface area contributed by atoms with Crippen LogP contribution in [0, 0.1) is 0 Å². The van der Waals surface area contributed by atoms with E-state index in [0.717, 1.165) is 23.7 Å². The zero-order valence-corrected chi connectivity index (χ0v) is 6.28. The fraction of sp³-hybridized carbons (Fsp3) is 0.500. The summed E-state index contributed by atoms with van der Waals surface area (Å²) in [5, 5.41) is 0. The van der Waals surface area contributed by atoms with Crippen molar-refractivity contribution in [1.82, 2.24) is 9.97 Å². The van der Waals surface area contributed by atoms with E-state index in [1.165, 1.54) is 0 Å². The summed E-state index contributed by atoms with van der Waals surface area (Å²) < 4.78 is 0. The molecular formula is C6H10N2S. The molecular weight excluding hydrogens is 132 g/mol. The van der Waals surface area contributed by atoms with Gasteiger partial charge in [0, 0.05) is 24.1 Å². The minimum atomic E-state index is 0.743. The summed E-state index contributed by atoms with van der Waals surface area (Å²) in [5.74, 6) is 1.78. The third-order valence-electron chi connectivity index (χ3n) is 1.19. The van der Waals surface area contributed by atoms with Gasteiger partial charge in [-0.3, -0.25) is 0 Å². The van der Waals surface area contributed by atoms with Gasteiger partial charge < -0.3 is 4.98 Å². The van der Waals surface area contributed by atoms with Crippen molar-refractivity contribution in [3.05, 3.63) is 17.7 Å². The summed E-state index contributed by atoms with van der Waals surface area (Å²) in [6, 6.07) is 0. The van der Waals surface area contributed by atoms with E-state index in [4.69, 9.17) is 0 Å². The molecule has 0 unspecified atom stereocenters. The fourth-order valence-electron chi connectivity index (χ4n) is 0.666. The number of aromatic nitrogens is 2. The maximum atomic E-state index is 4.10. The summed E-state index contributed by atoms with van der Waals surface area (Å²) >= 11 is 4.09. The molecule has 0 aromatic carbocycles. The first-order valence-electron chi connectivity index (χ1n) is 3.00. The van der Waals surface area contributed by atoms with E-state index < -0.39 is 0 Å². The van der Waals surface area contributed by atoms with Crippen LogP contribution in [0.25, 0.3) is 0 Å². The number of aromatic amines is 1. The predicted octanol–water partition coefficient (Wildman–Crippen LogP) is 1.40. The smallest absolute Gasteiger partial charge is 0.105 e. The minimum Gasteiger partial charge on any atom is -0.345 e. The Morgan fingerprint density at radius 1 is 1.78 bits per heavy atom. The van der Waals surface area contributed by atoms with E-state index >= 15 is 0 Å². The number of thiol groups is 1. The van der Waals surface area contributed by atoms with Crippen LogP contribution in [0.1, 0.15) is 18.4 Å². The van der Waals surface area contributed by atoms with Crippen LogP contribution in [0.4, 0.5) is 0 Å². The first-order valence-corrected chi connectivity index (χ1v) is 3.63. The fourth-order valence-corrected chi connectivity index (χ4v) is 0.826. The van der Waals surface area contributed by atoms with Gasteiger partial charge in [-0.1, -0.05) is 6.92 Å². The van der Waals surface area contributed by atoms with Crippen LogP contribution in [0.5, 0.6) is 0 Å². The maximum Gasteiger partial charge on any atom is 0.105 e. The molecule has 1 rings (SSSR count). The van der Waals surface area contributed by atoms with Crippen LogP contribution in [0.15, 0.2) is 6.20 Å². The monoisotopic (exact) mass is 142 g/mol. The van der Waals surface area contributed by atoms with Crippen molar-refractivity contribution in [3.63, 3.8) is 0 Å². The lowest BCUT2D eigenvalue weighted by Gasteiger charge is -1.85. The van der Waals surface area contributed by atoms with Crippen LogP contribution in [0.3, 0.4) is 0 Å². The number of hydrogen-bond donors (Lipinski definition) is 2. The Morgan fingerprint density at radius 2 is 2.56 bits per heavy atom. The molecule has 0 aliphatic heterocycles. The molecule has 9 heavy (non-hydrogen) atoms. The van der Waals surface area contributed by atoms with Crippen LogP contribution in [0.2, 0.25) is 0 Å². The molecule has 0 fully saturated rings. The van der Waals surface area contributed by atoms with Crippen molar-refractivity contribution < 1.29 is 0 Å². The van der Waals surface area contributed by atoms with Gasteiger partial charge in [-0.25, -0.2) is 4.98 Å². The molecule has 0 bridgehead atoms.